The number of unbranched alkanes of at least 4 members (excludes halogenated alkanes) is 1. The molecular formula is C11H12Cl2N2O2S. The lowest BCUT2D eigenvalue weighted by molar-refractivity contribution is 0.580. The highest BCUT2D eigenvalue weighted by Gasteiger charge is 2.21. The molecule has 0 fully saturated rings. The van der Waals surface area contributed by atoms with Gasteiger partial charge in [-0.25, -0.2) is 13.1 Å². The van der Waals surface area contributed by atoms with Gasteiger partial charge in [-0.2, -0.15) is 0 Å². The molecule has 98 valence electrons. The average molecular weight is 307 g/mol. The van der Waals surface area contributed by atoms with Gasteiger partial charge in [-0.1, -0.05) is 23.2 Å². The van der Waals surface area contributed by atoms with E-state index in [1.165, 1.54) is 12.1 Å². The summed E-state index contributed by atoms with van der Waals surface area (Å²) in [6.45, 7) is 0.227. The zero-order chi connectivity index (χ0) is 13.8. The molecule has 4 nitrogen and oxygen atoms in total. The van der Waals surface area contributed by atoms with Crippen LogP contribution in [0.15, 0.2) is 17.0 Å². The topological polar surface area (TPSA) is 72.2 Å². The summed E-state index contributed by atoms with van der Waals surface area (Å²) in [4.78, 5) is -0.158. The van der Waals surface area contributed by atoms with E-state index in [4.69, 9.17) is 35.4 Å². The van der Waals surface area contributed by atoms with E-state index in [0.29, 0.717) is 12.8 Å². The molecule has 1 aromatic carbocycles. The minimum atomic E-state index is -3.75. The average Bonchev–Trinajstić information content (AvgIpc) is 2.22. The number of halogens is 2. The second-order valence-corrected chi connectivity index (χ2v) is 6.06. The molecule has 0 spiro atoms. The zero-order valence-electron chi connectivity index (χ0n) is 9.41. The van der Waals surface area contributed by atoms with Crippen LogP contribution >= 0.6 is 23.2 Å². The normalized spacial score (nSPS) is 11.2. The highest BCUT2D eigenvalue weighted by atomic mass is 35.5. The predicted octanol–water partition coefficient (Wildman–Crippen LogP) is 2.27. The highest BCUT2D eigenvalue weighted by Crippen LogP contribution is 2.30. The Balaban J connectivity index is 2.96. The maximum absolute atomic E-state index is 12.0. The van der Waals surface area contributed by atoms with Crippen LogP contribution in [0.4, 0.5) is 5.69 Å². The number of hydrogen-bond donors (Lipinski definition) is 2. The van der Waals surface area contributed by atoms with Crippen LogP contribution in [0.2, 0.25) is 10.0 Å². The molecule has 0 saturated carbocycles. The van der Waals surface area contributed by atoms with Gasteiger partial charge in [0.15, 0.2) is 0 Å². The molecular weight excluding hydrogens is 295 g/mol. The zero-order valence-corrected chi connectivity index (χ0v) is 11.7. The van der Waals surface area contributed by atoms with Crippen LogP contribution in [0, 0.1) is 12.3 Å². The van der Waals surface area contributed by atoms with Gasteiger partial charge >= 0.3 is 0 Å². The van der Waals surface area contributed by atoms with Crippen molar-refractivity contribution >= 4 is 38.9 Å². The van der Waals surface area contributed by atoms with Gasteiger partial charge in [0.1, 0.15) is 4.90 Å². The summed E-state index contributed by atoms with van der Waals surface area (Å²) in [6.07, 6.45) is 6.11. The van der Waals surface area contributed by atoms with Crippen LogP contribution in [-0.2, 0) is 10.0 Å². The Bertz CT molecular complexity index is 556. The van der Waals surface area contributed by atoms with Crippen molar-refractivity contribution in [2.45, 2.75) is 17.7 Å². The largest absolute Gasteiger partial charge is 0.398 e. The first-order chi connectivity index (χ1) is 8.38. The minimum absolute atomic E-state index is 0.00977. The number of terminal acetylenes is 1. The van der Waals surface area contributed by atoms with Crippen LogP contribution in [-0.4, -0.2) is 15.0 Å². The van der Waals surface area contributed by atoms with Crippen molar-refractivity contribution in [2.24, 2.45) is 0 Å². The molecule has 0 bridgehead atoms. The van der Waals surface area contributed by atoms with E-state index in [9.17, 15) is 8.42 Å². The molecule has 0 heterocycles. The maximum Gasteiger partial charge on any atom is 0.244 e. The number of sulfonamides is 1. The molecule has 0 unspecified atom stereocenters. The second kappa shape index (κ2) is 6.30. The van der Waals surface area contributed by atoms with Crippen LogP contribution in [0.3, 0.4) is 0 Å². The number of nitrogen functional groups attached to an aromatic ring is 1. The number of rotatable bonds is 5. The quantitative estimate of drug-likeness (QED) is 0.498. The summed E-state index contributed by atoms with van der Waals surface area (Å²) in [7, 11) is -3.75. The monoisotopic (exact) mass is 306 g/mol. The van der Waals surface area contributed by atoms with Crippen molar-refractivity contribution in [1.82, 2.24) is 4.72 Å². The van der Waals surface area contributed by atoms with E-state index in [1.54, 1.807) is 0 Å². The summed E-state index contributed by atoms with van der Waals surface area (Å²) in [5.74, 6) is 2.42. The van der Waals surface area contributed by atoms with Crippen LogP contribution in [0.1, 0.15) is 12.8 Å². The van der Waals surface area contributed by atoms with Gasteiger partial charge in [0, 0.05) is 18.0 Å². The molecule has 0 aliphatic rings. The van der Waals surface area contributed by atoms with Gasteiger partial charge in [0.2, 0.25) is 10.0 Å². The third-order valence-corrected chi connectivity index (χ3v) is 4.30. The fourth-order valence-corrected chi connectivity index (χ4v) is 3.39. The van der Waals surface area contributed by atoms with Gasteiger partial charge in [0.25, 0.3) is 0 Å². The van der Waals surface area contributed by atoms with Gasteiger partial charge < -0.3 is 5.73 Å². The summed E-state index contributed by atoms with van der Waals surface area (Å²) in [6, 6.07) is 2.67. The first-order valence-corrected chi connectivity index (χ1v) is 7.30. The number of benzene rings is 1. The van der Waals surface area contributed by atoms with Gasteiger partial charge in [-0.15, -0.1) is 12.3 Å². The lowest BCUT2D eigenvalue weighted by Gasteiger charge is -2.10. The van der Waals surface area contributed by atoms with Crippen molar-refractivity contribution in [2.75, 3.05) is 12.3 Å². The SMILES string of the molecule is C#CCCCNS(=O)(=O)c1c(N)cc(Cl)cc1Cl. The van der Waals surface area contributed by atoms with Crippen molar-refractivity contribution < 1.29 is 8.42 Å². The fourth-order valence-electron chi connectivity index (χ4n) is 1.33. The molecule has 0 amide bonds. The van der Waals surface area contributed by atoms with E-state index >= 15 is 0 Å². The van der Waals surface area contributed by atoms with Gasteiger partial charge in [-0.05, 0) is 18.6 Å². The summed E-state index contributed by atoms with van der Waals surface area (Å²) < 4.78 is 26.3. The van der Waals surface area contributed by atoms with Gasteiger partial charge in [0.05, 0.1) is 10.7 Å². The predicted molar refractivity (Wildman–Crippen MR) is 74.1 cm³/mol. The molecule has 1 aromatic rings. The minimum Gasteiger partial charge on any atom is -0.398 e. The van der Waals surface area contributed by atoms with Crippen molar-refractivity contribution in [1.29, 1.82) is 0 Å². The van der Waals surface area contributed by atoms with Crippen molar-refractivity contribution in [3.8, 4) is 12.3 Å². The fraction of sp³-hybridized carbons (Fsp3) is 0.273. The van der Waals surface area contributed by atoms with Gasteiger partial charge in [-0.3, -0.25) is 0 Å². The lowest BCUT2D eigenvalue weighted by Crippen LogP contribution is -2.26. The molecule has 3 N–H and O–H groups in total. The van der Waals surface area contributed by atoms with E-state index < -0.39 is 10.0 Å². The molecule has 0 aliphatic heterocycles. The maximum atomic E-state index is 12.0. The van der Waals surface area contributed by atoms with E-state index in [1.807, 2.05) is 0 Å². The second-order valence-electron chi connectivity index (χ2n) is 3.51. The molecule has 0 aliphatic carbocycles. The van der Waals surface area contributed by atoms with E-state index in [2.05, 4.69) is 10.6 Å². The Labute approximate surface area is 117 Å². The Kier molecular flexibility index (Phi) is 5.29. The lowest BCUT2D eigenvalue weighted by atomic mass is 10.3. The Morgan fingerprint density at radius 2 is 2.06 bits per heavy atom. The Morgan fingerprint density at radius 3 is 2.61 bits per heavy atom. The summed E-state index contributed by atoms with van der Waals surface area (Å²) in [5, 5.41) is 0.272. The number of hydrogen-bond acceptors (Lipinski definition) is 3. The van der Waals surface area contributed by atoms with Crippen molar-refractivity contribution in [3.05, 3.63) is 22.2 Å². The number of nitrogens with two attached hydrogens (primary N) is 1. The van der Waals surface area contributed by atoms with Crippen LogP contribution in [0.5, 0.6) is 0 Å². The molecule has 0 atom stereocenters. The summed E-state index contributed by atoms with van der Waals surface area (Å²) in [5.41, 5.74) is 5.63. The highest BCUT2D eigenvalue weighted by molar-refractivity contribution is 7.89. The third kappa shape index (κ3) is 3.79. The first-order valence-electron chi connectivity index (χ1n) is 5.06. The van der Waals surface area contributed by atoms with Crippen LogP contribution in [0.25, 0.3) is 0 Å². The molecule has 18 heavy (non-hydrogen) atoms. The van der Waals surface area contributed by atoms with Crippen LogP contribution < -0.4 is 10.5 Å². The smallest absolute Gasteiger partial charge is 0.244 e. The third-order valence-electron chi connectivity index (χ3n) is 2.10. The first kappa shape index (κ1) is 15.1. The standard InChI is InChI=1S/C11H12Cl2N2O2S/c1-2-3-4-5-15-18(16,17)11-9(13)6-8(12)7-10(11)14/h1,6-7,15H,3-5,14H2. The van der Waals surface area contributed by atoms with Crippen molar-refractivity contribution in [3.63, 3.8) is 0 Å². The molecule has 0 radical (unpaired) electrons. The molecule has 1 rings (SSSR count). The number of nitrogens with one attached hydrogen (secondary N) is 1. The Morgan fingerprint density at radius 1 is 1.39 bits per heavy atom. The summed E-state index contributed by atoms with van der Waals surface area (Å²) >= 11 is 11.6. The molecule has 0 aromatic heterocycles. The molecule has 7 heteroatoms. The van der Waals surface area contributed by atoms with E-state index in [0.717, 1.165) is 0 Å². The van der Waals surface area contributed by atoms with E-state index in [-0.39, 0.29) is 27.2 Å². The molecule has 0 saturated heterocycles. The number of anilines is 1. The Hall–Kier alpha value is -0.930.